The number of ether oxygens (including phenoxy) is 2. The molecule has 4 heteroatoms. The van der Waals surface area contributed by atoms with Crippen LogP contribution in [-0.2, 0) is 11.3 Å². The van der Waals surface area contributed by atoms with Crippen molar-refractivity contribution in [3.8, 4) is 5.75 Å². The number of rotatable bonds is 5. The summed E-state index contributed by atoms with van der Waals surface area (Å²) >= 11 is 0. The van der Waals surface area contributed by atoms with E-state index in [4.69, 9.17) is 15.2 Å². The molecule has 1 aromatic heterocycles. The van der Waals surface area contributed by atoms with Crippen LogP contribution in [0.15, 0.2) is 6.20 Å². The highest BCUT2D eigenvalue weighted by molar-refractivity contribution is 5.40. The second kappa shape index (κ2) is 7.23. The number of hydrogen-bond donors (Lipinski definition) is 1. The van der Waals surface area contributed by atoms with Gasteiger partial charge in [-0.3, -0.25) is 4.98 Å². The molecule has 2 N–H and O–H groups in total. The summed E-state index contributed by atoms with van der Waals surface area (Å²) in [5, 5.41) is 0. The molecular weight excluding hydrogens is 264 g/mol. The van der Waals surface area contributed by atoms with E-state index in [0.29, 0.717) is 13.2 Å². The van der Waals surface area contributed by atoms with Crippen LogP contribution in [0, 0.1) is 13.8 Å². The zero-order chi connectivity index (χ0) is 15.3. The molecule has 0 unspecified atom stereocenters. The van der Waals surface area contributed by atoms with Gasteiger partial charge >= 0.3 is 0 Å². The number of aryl methyl sites for hydroxylation is 1. The summed E-state index contributed by atoms with van der Waals surface area (Å²) in [6.07, 6.45) is 8.98. The molecule has 1 aromatic rings. The molecule has 118 valence electrons. The number of nitrogens with two attached hydrogens (primary N) is 1. The van der Waals surface area contributed by atoms with Crippen molar-refractivity contribution in [3.63, 3.8) is 0 Å². The number of methoxy groups -OCH3 is 1. The summed E-state index contributed by atoms with van der Waals surface area (Å²) < 4.78 is 11.7. The van der Waals surface area contributed by atoms with E-state index in [-0.39, 0.29) is 5.60 Å². The fourth-order valence-corrected chi connectivity index (χ4v) is 3.22. The van der Waals surface area contributed by atoms with Gasteiger partial charge in [0.15, 0.2) is 0 Å². The van der Waals surface area contributed by atoms with E-state index in [1.54, 1.807) is 7.11 Å². The Morgan fingerprint density at radius 3 is 2.43 bits per heavy atom. The van der Waals surface area contributed by atoms with Crippen LogP contribution in [0.1, 0.15) is 55.3 Å². The first-order valence-corrected chi connectivity index (χ1v) is 7.95. The molecule has 1 aliphatic rings. The summed E-state index contributed by atoms with van der Waals surface area (Å²) in [4.78, 5) is 4.51. The Hall–Kier alpha value is -1.13. The number of hydrogen-bond acceptors (Lipinski definition) is 4. The Morgan fingerprint density at radius 2 is 1.86 bits per heavy atom. The monoisotopic (exact) mass is 292 g/mol. The van der Waals surface area contributed by atoms with Crippen molar-refractivity contribution in [2.45, 2.75) is 64.6 Å². The van der Waals surface area contributed by atoms with E-state index in [0.717, 1.165) is 35.4 Å². The molecule has 1 aliphatic carbocycles. The average molecular weight is 292 g/mol. The third-order valence-corrected chi connectivity index (χ3v) is 4.65. The molecule has 1 fully saturated rings. The molecule has 0 radical (unpaired) electrons. The van der Waals surface area contributed by atoms with Crippen molar-refractivity contribution in [1.82, 2.24) is 4.98 Å². The van der Waals surface area contributed by atoms with Crippen molar-refractivity contribution in [2.24, 2.45) is 5.73 Å². The lowest BCUT2D eigenvalue weighted by Crippen LogP contribution is -2.40. The van der Waals surface area contributed by atoms with Gasteiger partial charge in [-0.25, -0.2) is 0 Å². The van der Waals surface area contributed by atoms with Gasteiger partial charge in [0.2, 0.25) is 0 Å². The quantitative estimate of drug-likeness (QED) is 0.846. The normalized spacial score (nSPS) is 18.3. The first-order chi connectivity index (χ1) is 10.1. The van der Waals surface area contributed by atoms with Crippen molar-refractivity contribution >= 4 is 0 Å². The van der Waals surface area contributed by atoms with Crippen molar-refractivity contribution < 1.29 is 9.47 Å². The van der Waals surface area contributed by atoms with Gasteiger partial charge in [0, 0.05) is 23.9 Å². The molecule has 0 aromatic carbocycles. The van der Waals surface area contributed by atoms with E-state index in [1.807, 2.05) is 20.0 Å². The summed E-state index contributed by atoms with van der Waals surface area (Å²) in [5.41, 5.74) is 8.93. The number of pyridine rings is 1. The molecule has 2 rings (SSSR count). The van der Waals surface area contributed by atoms with Gasteiger partial charge in [-0.15, -0.1) is 0 Å². The third kappa shape index (κ3) is 3.74. The fourth-order valence-electron chi connectivity index (χ4n) is 3.22. The van der Waals surface area contributed by atoms with E-state index in [2.05, 4.69) is 4.98 Å². The van der Waals surface area contributed by atoms with Crippen LogP contribution in [0.2, 0.25) is 0 Å². The van der Waals surface area contributed by atoms with Crippen LogP contribution in [0.5, 0.6) is 5.75 Å². The van der Waals surface area contributed by atoms with Crippen LogP contribution in [-0.4, -0.2) is 24.2 Å². The Labute approximate surface area is 128 Å². The highest BCUT2D eigenvalue weighted by Crippen LogP contribution is 2.31. The van der Waals surface area contributed by atoms with Gasteiger partial charge in [-0.2, -0.15) is 0 Å². The van der Waals surface area contributed by atoms with Gasteiger partial charge in [-0.1, -0.05) is 25.7 Å². The fraction of sp³-hybridized carbons (Fsp3) is 0.706. The molecule has 4 nitrogen and oxygen atoms in total. The molecule has 21 heavy (non-hydrogen) atoms. The van der Waals surface area contributed by atoms with E-state index in [1.165, 1.54) is 25.7 Å². The molecule has 0 spiro atoms. The predicted molar refractivity (Wildman–Crippen MR) is 84.5 cm³/mol. The lowest BCUT2D eigenvalue weighted by atomic mass is 9.94. The second-order valence-electron chi connectivity index (χ2n) is 6.14. The minimum absolute atomic E-state index is 0.164. The lowest BCUT2D eigenvalue weighted by molar-refractivity contribution is -0.0616. The standard InChI is InChI=1S/C17H28N2O2/c1-13-10-19-15(14(2)16(13)20-3)11-21-17(12-18)8-6-4-5-7-9-17/h10H,4-9,11-12,18H2,1-3H3. The predicted octanol–water partition coefficient (Wildman–Crippen LogP) is 3.28. The molecule has 0 bridgehead atoms. The van der Waals surface area contributed by atoms with Gasteiger partial charge in [0.25, 0.3) is 0 Å². The van der Waals surface area contributed by atoms with Gasteiger partial charge in [0.1, 0.15) is 5.75 Å². The topological polar surface area (TPSA) is 57.4 Å². The molecule has 1 saturated carbocycles. The Bertz CT molecular complexity index is 466. The maximum atomic E-state index is 6.26. The third-order valence-electron chi connectivity index (χ3n) is 4.65. The minimum atomic E-state index is -0.164. The van der Waals surface area contributed by atoms with Crippen LogP contribution >= 0.6 is 0 Å². The Kier molecular flexibility index (Phi) is 5.59. The van der Waals surface area contributed by atoms with Crippen LogP contribution in [0.4, 0.5) is 0 Å². The Balaban J connectivity index is 2.11. The zero-order valence-corrected chi connectivity index (χ0v) is 13.6. The molecule has 0 atom stereocenters. The van der Waals surface area contributed by atoms with Gasteiger partial charge < -0.3 is 15.2 Å². The van der Waals surface area contributed by atoms with Gasteiger partial charge in [0.05, 0.1) is 25.0 Å². The molecule has 1 heterocycles. The average Bonchev–Trinajstić information content (AvgIpc) is 2.73. The Morgan fingerprint density at radius 1 is 1.19 bits per heavy atom. The minimum Gasteiger partial charge on any atom is -0.496 e. The number of nitrogens with zero attached hydrogens (tertiary/aromatic N) is 1. The molecular formula is C17H28N2O2. The smallest absolute Gasteiger partial charge is 0.128 e. The van der Waals surface area contributed by atoms with Gasteiger partial charge in [-0.05, 0) is 26.7 Å². The SMILES string of the molecule is COc1c(C)cnc(COC2(CN)CCCCCC2)c1C. The largest absolute Gasteiger partial charge is 0.496 e. The summed E-state index contributed by atoms with van der Waals surface area (Å²) in [5.74, 6) is 0.909. The first-order valence-electron chi connectivity index (χ1n) is 7.95. The van der Waals surface area contributed by atoms with Crippen LogP contribution < -0.4 is 10.5 Å². The van der Waals surface area contributed by atoms with Crippen molar-refractivity contribution in [2.75, 3.05) is 13.7 Å². The number of aromatic nitrogens is 1. The molecule has 0 amide bonds. The second-order valence-corrected chi connectivity index (χ2v) is 6.14. The highest BCUT2D eigenvalue weighted by atomic mass is 16.5. The van der Waals surface area contributed by atoms with E-state index < -0.39 is 0 Å². The van der Waals surface area contributed by atoms with Crippen molar-refractivity contribution in [1.29, 1.82) is 0 Å². The highest BCUT2D eigenvalue weighted by Gasteiger charge is 2.30. The van der Waals surface area contributed by atoms with Crippen LogP contribution in [0.3, 0.4) is 0 Å². The maximum Gasteiger partial charge on any atom is 0.128 e. The maximum absolute atomic E-state index is 6.26. The summed E-state index contributed by atoms with van der Waals surface area (Å²) in [6.45, 7) is 5.16. The zero-order valence-electron chi connectivity index (χ0n) is 13.6. The van der Waals surface area contributed by atoms with E-state index in [9.17, 15) is 0 Å². The summed E-state index contributed by atoms with van der Waals surface area (Å²) in [7, 11) is 1.70. The molecule has 0 aliphatic heterocycles. The van der Waals surface area contributed by atoms with Crippen molar-refractivity contribution in [3.05, 3.63) is 23.0 Å². The lowest BCUT2D eigenvalue weighted by Gasteiger charge is -2.31. The summed E-state index contributed by atoms with van der Waals surface area (Å²) in [6, 6.07) is 0. The molecule has 0 saturated heterocycles. The van der Waals surface area contributed by atoms with Crippen LogP contribution in [0.25, 0.3) is 0 Å². The first kappa shape index (κ1) is 16.2. The van der Waals surface area contributed by atoms with E-state index >= 15 is 0 Å².